The molecule has 0 fully saturated rings. The van der Waals surface area contributed by atoms with Gasteiger partial charge in [0, 0.05) is 1.43 Å². The summed E-state index contributed by atoms with van der Waals surface area (Å²) in [7, 11) is -1.65. The van der Waals surface area contributed by atoms with Crippen molar-refractivity contribution in [2.24, 2.45) is 0 Å². The molecule has 0 aliphatic carbocycles. The van der Waals surface area contributed by atoms with Crippen LogP contribution in [0.1, 0.15) is 144 Å². The summed E-state index contributed by atoms with van der Waals surface area (Å²) < 4.78 is 10.8. The molecule has 0 aliphatic heterocycles. The molecule has 0 saturated heterocycles. The van der Waals surface area contributed by atoms with Crippen LogP contribution in [-0.2, 0) is 9.05 Å². The minimum absolute atomic E-state index is 0. The van der Waals surface area contributed by atoms with E-state index in [1.807, 2.05) is 0 Å². The Morgan fingerprint density at radius 1 is 0.464 bits per heavy atom. The van der Waals surface area contributed by atoms with E-state index in [4.69, 9.17) is 9.05 Å². The molecule has 172 valence electrons. The third-order valence-corrected chi connectivity index (χ3v) is 6.21. The first-order chi connectivity index (χ1) is 13.8. The molecule has 0 unspecified atom stereocenters. The Morgan fingerprint density at radius 2 is 0.714 bits per heavy atom. The van der Waals surface area contributed by atoms with Gasteiger partial charge in [0.05, 0.1) is 13.2 Å². The molecule has 0 heterocycles. The second-order valence-electron chi connectivity index (χ2n) is 8.27. The average molecular weight is 421 g/mol. The third kappa shape index (κ3) is 24.3. The van der Waals surface area contributed by atoms with Gasteiger partial charge in [-0.2, -0.15) is 0 Å². The van der Waals surface area contributed by atoms with Crippen LogP contribution in [0, 0.1) is 0 Å². The van der Waals surface area contributed by atoms with E-state index in [2.05, 4.69) is 13.8 Å². The van der Waals surface area contributed by atoms with Crippen LogP contribution < -0.4 is 0 Å². The molecule has 3 nitrogen and oxygen atoms in total. The lowest BCUT2D eigenvalue weighted by Crippen LogP contribution is -1.95. The maximum atomic E-state index is 9.76. The van der Waals surface area contributed by atoms with Crippen LogP contribution >= 0.6 is 8.60 Å². The Labute approximate surface area is 179 Å². The normalized spacial score (nSPS) is 11.6. The Bertz CT molecular complexity index is 257. The van der Waals surface area contributed by atoms with E-state index in [1.54, 1.807) is 0 Å². The van der Waals surface area contributed by atoms with E-state index in [1.165, 1.54) is 116 Å². The Kier molecular flexibility index (Phi) is 25.6. The lowest BCUT2D eigenvalue weighted by Gasteiger charge is -2.10. The summed E-state index contributed by atoms with van der Waals surface area (Å²) in [4.78, 5) is 9.76. The van der Waals surface area contributed by atoms with Crippen LogP contribution in [0.5, 0.6) is 0 Å². The van der Waals surface area contributed by atoms with Crippen molar-refractivity contribution in [1.82, 2.24) is 0 Å². The third-order valence-electron chi connectivity index (χ3n) is 5.40. The van der Waals surface area contributed by atoms with Crippen molar-refractivity contribution in [2.45, 2.75) is 142 Å². The minimum Gasteiger partial charge on any atom is -0.328 e. The second-order valence-corrected chi connectivity index (χ2v) is 9.26. The van der Waals surface area contributed by atoms with Crippen molar-refractivity contribution in [3.63, 3.8) is 0 Å². The molecule has 0 aromatic heterocycles. The van der Waals surface area contributed by atoms with Gasteiger partial charge in [-0.15, -0.1) is 0 Å². The first kappa shape index (κ1) is 28.3. The lowest BCUT2D eigenvalue weighted by atomic mass is 10.1. The summed E-state index contributed by atoms with van der Waals surface area (Å²) in [5, 5.41) is 0. The van der Waals surface area contributed by atoms with Gasteiger partial charge in [0.1, 0.15) is 0 Å². The first-order valence-electron chi connectivity index (χ1n) is 12.6. The van der Waals surface area contributed by atoms with Crippen molar-refractivity contribution >= 4 is 8.60 Å². The molecule has 0 spiro atoms. The number of rotatable bonds is 24. The summed E-state index contributed by atoms with van der Waals surface area (Å²) in [6, 6.07) is 0. The molecule has 0 saturated carbocycles. The molecular formula is C24H53O3P. The predicted octanol–water partition coefficient (Wildman–Crippen LogP) is 9.33. The van der Waals surface area contributed by atoms with Crippen molar-refractivity contribution in [1.29, 1.82) is 0 Å². The van der Waals surface area contributed by atoms with Gasteiger partial charge in [-0.25, -0.2) is 0 Å². The highest BCUT2D eigenvalue weighted by atomic mass is 31.2. The van der Waals surface area contributed by atoms with Gasteiger partial charge in [-0.05, 0) is 12.8 Å². The molecule has 1 N–H and O–H groups in total. The van der Waals surface area contributed by atoms with E-state index in [0.29, 0.717) is 13.2 Å². The summed E-state index contributed by atoms with van der Waals surface area (Å²) >= 11 is 0. The quantitative estimate of drug-likeness (QED) is 0.125. The fourth-order valence-corrected chi connectivity index (χ4v) is 4.15. The molecule has 0 aliphatic rings. The smallest absolute Gasteiger partial charge is 0.328 e. The van der Waals surface area contributed by atoms with E-state index < -0.39 is 8.60 Å². The topological polar surface area (TPSA) is 38.7 Å². The number of hydrogen-bond donors (Lipinski definition) is 1. The highest BCUT2D eigenvalue weighted by Crippen LogP contribution is 2.33. The van der Waals surface area contributed by atoms with Gasteiger partial charge in [0.2, 0.25) is 0 Å². The zero-order chi connectivity index (χ0) is 20.5. The van der Waals surface area contributed by atoms with Gasteiger partial charge in [-0.1, -0.05) is 129 Å². The molecule has 0 bridgehead atoms. The van der Waals surface area contributed by atoms with Crippen molar-refractivity contribution in [2.75, 3.05) is 13.2 Å². The van der Waals surface area contributed by atoms with E-state index in [-0.39, 0.29) is 1.43 Å². The zero-order valence-electron chi connectivity index (χ0n) is 19.3. The highest BCUT2D eigenvalue weighted by Gasteiger charge is 2.05. The van der Waals surface area contributed by atoms with Gasteiger partial charge in [-0.3, -0.25) is 0 Å². The summed E-state index contributed by atoms with van der Waals surface area (Å²) in [6.07, 6.45) is 26.4. The van der Waals surface area contributed by atoms with Crippen molar-refractivity contribution < 1.29 is 15.4 Å². The van der Waals surface area contributed by atoms with E-state index in [0.717, 1.165) is 12.8 Å². The van der Waals surface area contributed by atoms with Crippen molar-refractivity contribution in [3.05, 3.63) is 0 Å². The lowest BCUT2D eigenvalue weighted by molar-refractivity contribution is 0.193. The van der Waals surface area contributed by atoms with Crippen LogP contribution in [0.3, 0.4) is 0 Å². The maximum Gasteiger partial charge on any atom is 0.329 e. The van der Waals surface area contributed by atoms with Gasteiger partial charge in [0.25, 0.3) is 0 Å². The average Bonchev–Trinajstić information content (AvgIpc) is 2.70. The van der Waals surface area contributed by atoms with Gasteiger partial charge in [0.15, 0.2) is 0 Å². The Hall–Kier alpha value is 0.310. The largest absolute Gasteiger partial charge is 0.329 e. The van der Waals surface area contributed by atoms with Crippen LogP contribution in [0.25, 0.3) is 0 Å². The molecule has 0 amide bonds. The molecule has 4 heteroatoms. The van der Waals surface area contributed by atoms with Crippen LogP contribution in [0.2, 0.25) is 0 Å². The first-order valence-corrected chi connectivity index (χ1v) is 13.7. The standard InChI is InChI=1S/C24H51O3P.H2/c1-3-5-7-9-11-13-15-17-19-21-23-26-28(25)27-24-22-20-18-16-14-12-10-8-6-4-2;/h25H,3-24H2,1-2H3;1H. The molecule has 0 aromatic rings. The Morgan fingerprint density at radius 3 is 1.00 bits per heavy atom. The summed E-state index contributed by atoms with van der Waals surface area (Å²) in [6.45, 7) is 5.81. The van der Waals surface area contributed by atoms with Crippen molar-refractivity contribution in [3.8, 4) is 0 Å². The van der Waals surface area contributed by atoms with Crippen LogP contribution in [0.4, 0.5) is 0 Å². The van der Waals surface area contributed by atoms with E-state index >= 15 is 0 Å². The second kappa shape index (κ2) is 25.3. The molecule has 0 aromatic carbocycles. The summed E-state index contributed by atoms with van der Waals surface area (Å²) in [5.41, 5.74) is 0. The number of unbranched alkanes of at least 4 members (excludes halogenated alkanes) is 18. The predicted molar refractivity (Wildman–Crippen MR) is 127 cm³/mol. The van der Waals surface area contributed by atoms with Crippen LogP contribution in [0.15, 0.2) is 0 Å². The molecule has 0 atom stereocenters. The monoisotopic (exact) mass is 420 g/mol. The Balaban J connectivity index is 0. The molecule has 0 rings (SSSR count). The fraction of sp³-hybridized carbons (Fsp3) is 1.00. The molecule has 28 heavy (non-hydrogen) atoms. The zero-order valence-corrected chi connectivity index (χ0v) is 20.2. The number of hydrogen-bond acceptors (Lipinski definition) is 3. The molecule has 0 radical (unpaired) electrons. The van der Waals surface area contributed by atoms with Crippen LogP contribution in [-0.4, -0.2) is 18.1 Å². The van der Waals surface area contributed by atoms with E-state index in [9.17, 15) is 4.89 Å². The van der Waals surface area contributed by atoms with Gasteiger partial charge < -0.3 is 13.9 Å². The highest BCUT2D eigenvalue weighted by molar-refractivity contribution is 7.40. The van der Waals surface area contributed by atoms with Gasteiger partial charge >= 0.3 is 8.60 Å². The molecular weight excluding hydrogens is 367 g/mol. The summed E-state index contributed by atoms with van der Waals surface area (Å²) in [5.74, 6) is 0. The maximum absolute atomic E-state index is 9.76. The fourth-order valence-electron chi connectivity index (χ4n) is 3.50. The minimum atomic E-state index is -1.65. The SMILES string of the molecule is CCCCCCCCCCCCOP(O)OCCCCCCCCCCCC.[HH].